The first-order valence-corrected chi connectivity index (χ1v) is 10.1. The molecule has 3 aromatic rings. The lowest BCUT2D eigenvalue weighted by molar-refractivity contribution is 0.103. The Hall–Kier alpha value is -3.25. The summed E-state index contributed by atoms with van der Waals surface area (Å²) < 4.78 is 13.1. The van der Waals surface area contributed by atoms with Gasteiger partial charge in [0.1, 0.15) is 5.82 Å². The monoisotopic (exact) mass is 404 g/mol. The van der Waals surface area contributed by atoms with E-state index in [1.165, 1.54) is 12.1 Å². The number of halogens is 1. The predicted molar refractivity (Wildman–Crippen MR) is 117 cm³/mol. The summed E-state index contributed by atoms with van der Waals surface area (Å²) in [5, 5.41) is 0.895. The van der Waals surface area contributed by atoms with Crippen LogP contribution >= 0.6 is 0 Å². The van der Waals surface area contributed by atoms with Gasteiger partial charge in [-0.1, -0.05) is 18.2 Å². The van der Waals surface area contributed by atoms with Crippen molar-refractivity contribution >= 4 is 22.4 Å². The van der Waals surface area contributed by atoms with E-state index in [-0.39, 0.29) is 17.6 Å². The van der Waals surface area contributed by atoms with Crippen LogP contribution in [0.5, 0.6) is 0 Å². The minimum absolute atomic E-state index is 0.112. The van der Waals surface area contributed by atoms with Gasteiger partial charge in [-0.05, 0) is 42.8 Å². The molecule has 2 heterocycles. The number of benzene rings is 2. The summed E-state index contributed by atoms with van der Waals surface area (Å²) in [5.74, 6) is -0.325. The van der Waals surface area contributed by atoms with Crippen molar-refractivity contribution in [2.75, 3.05) is 25.4 Å². The number of carbonyl (C=O) groups excluding carboxylic acids is 1. The molecule has 1 atom stereocenters. The van der Waals surface area contributed by atoms with Gasteiger partial charge in [0.2, 0.25) is 0 Å². The van der Waals surface area contributed by atoms with Crippen LogP contribution in [0.1, 0.15) is 22.8 Å². The standard InChI is InChI=1S/C24H25FN4O/c1-17-15-28(16-18-4-6-20(25)7-5-18)11-12-29(17)10-8-24(30)21-13-19-3-2-9-27-23(19)14-22(21)26/h2-10,13-14,17H,11-12,15-16,26H2,1H3/b10-8+/t17-/m1/s1. The second kappa shape index (κ2) is 8.63. The van der Waals surface area contributed by atoms with Crippen LogP contribution in [0, 0.1) is 5.82 Å². The number of nitrogens with two attached hydrogens (primary N) is 1. The molecule has 6 heteroatoms. The maximum Gasteiger partial charge on any atom is 0.189 e. The van der Waals surface area contributed by atoms with Gasteiger partial charge in [0, 0.05) is 67.3 Å². The molecule has 0 saturated carbocycles. The molecule has 154 valence electrons. The fraction of sp³-hybridized carbons (Fsp3) is 0.250. The van der Waals surface area contributed by atoms with Gasteiger partial charge in [0.25, 0.3) is 0 Å². The van der Waals surface area contributed by atoms with E-state index >= 15 is 0 Å². The molecule has 2 N–H and O–H groups in total. The van der Waals surface area contributed by atoms with E-state index in [9.17, 15) is 9.18 Å². The highest BCUT2D eigenvalue weighted by Crippen LogP contribution is 2.21. The molecule has 5 nitrogen and oxygen atoms in total. The number of allylic oxidation sites excluding steroid dienone is 1. The summed E-state index contributed by atoms with van der Waals surface area (Å²) >= 11 is 0. The summed E-state index contributed by atoms with van der Waals surface area (Å²) in [5.41, 5.74) is 8.90. The van der Waals surface area contributed by atoms with Crippen molar-refractivity contribution in [3.63, 3.8) is 0 Å². The Kier molecular flexibility index (Phi) is 5.77. The minimum atomic E-state index is -0.213. The van der Waals surface area contributed by atoms with Crippen LogP contribution in [-0.4, -0.2) is 46.2 Å². The highest BCUT2D eigenvalue weighted by atomic mass is 19.1. The van der Waals surface area contributed by atoms with Crippen LogP contribution in [0.15, 0.2) is 67.0 Å². The van der Waals surface area contributed by atoms with Gasteiger partial charge >= 0.3 is 0 Å². The molecular formula is C24H25FN4O. The maximum absolute atomic E-state index is 13.1. The zero-order chi connectivity index (χ0) is 21.1. The number of pyridine rings is 1. The normalized spacial score (nSPS) is 17.7. The van der Waals surface area contributed by atoms with Crippen molar-refractivity contribution in [3.8, 4) is 0 Å². The molecule has 0 spiro atoms. The van der Waals surface area contributed by atoms with Gasteiger partial charge in [-0.15, -0.1) is 0 Å². The number of ketones is 1. The van der Waals surface area contributed by atoms with Crippen molar-refractivity contribution in [1.29, 1.82) is 0 Å². The van der Waals surface area contributed by atoms with Crippen LogP contribution in [0.3, 0.4) is 0 Å². The maximum atomic E-state index is 13.1. The SMILES string of the molecule is C[C@@H]1CN(Cc2ccc(F)cc2)CCN1/C=C/C(=O)c1cc2cccnc2cc1N. The fourth-order valence-corrected chi connectivity index (χ4v) is 3.86. The van der Waals surface area contributed by atoms with Crippen molar-refractivity contribution in [1.82, 2.24) is 14.8 Å². The summed E-state index contributed by atoms with van der Waals surface area (Å²) in [6.45, 7) is 5.51. The number of hydrogen-bond donors (Lipinski definition) is 1. The number of piperazine rings is 1. The summed E-state index contributed by atoms with van der Waals surface area (Å²) in [7, 11) is 0. The van der Waals surface area contributed by atoms with Crippen LogP contribution in [0.4, 0.5) is 10.1 Å². The number of nitrogen functional groups attached to an aromatic ring is 1. The number of aromatic nitrogens is 1. The lowest BCUT2D eigenvalue weighted by atomic mass is 10.0. The predicted octanol–water partition coefficient (Wildman–Crippen LogP) is 3.86. The van der Waals surface area contributed by atoms with Crippen LogP contribution in [-0.2, 0) is 6.54 Å². The lowest BCUT2D eigenvalue weighted by Crippen LogP contribution is -2.49. The molecule has 0 aliphatic carbocycles. The molecule has 0 bridgehead atoms. The molecule has 1 aliphatic heterocycles. The van der Waals surface area contributed by atoms with E-state index in [1.54, 1.807) is 24.4 Å². The molecule has 2 aromatic carbocycles. The number of fused-ring (bicyclic) bond motifs is 1. The summed E-state index contributed by atoms with van der Waals surface area (Å²) in [6, 6.07) is 14.2. The molecule has 1 fully saturated rings. The van der Waals surface area contributed by atoms with Gasteiger partial charge in [0.05, 0.1) is 5.52 Å². The Morgan fingerprint density at radius 2 is 2.03 bits per heavy atom. The number of anilines is 1. The number of rotatable bonds is 5. The first kappa shape index (κ1) is 20.0. The average molecular weight is 404 g/mol. The summed E-state index contributed by atoms with van der Waals surface area (Å²) in [6.07, 6.45) is 5.18. The lowest BCUT2D eigenvalue weighted by Gasteiger charge is -2.39. The Labute approximate surface area is 175 Å². The minimum Gasteiger partial charge on any atom is -0.398 e. The van der Waals surface area contributed by atoms with E-state index in [4.69, 9.17) is 5.73 Å². The van der Waals surface area contributed by atoms with Crippen molar-refractivity contribution in [2.24, 2.45) is 0 Å². The molecule has 4 rings (SSSR count). The Morgan fingerprint density at radius 3 is 2.80 bits per heavy atom. The molecule has 30 heavy (non-hydrogen) atoms. The van der Waals surface area contributed by atoms with Gasteiger partial charge in [-0.25, -0.2) is 4.39 Å². The molecule has 0 unspecified atom stereocenters. The van der Waals surface area contributed by atoms with E-state index in [0.717, 1.165) is 42.6 Å². The largest absolute Gasteiger partial charge is 0.398 e. The van der Waals surface area contributed by atoms with Gasteiger partial charge in [-0.3, -0.25) is 14.7 Å². The highest BCUT2D eigenvalue weighted by Gasteiger charge is 2.21. The molecule has 0 radical (unpaired) electrons. The Bertz CT molecular complexity index is 1080. The average Bonchev–Trinajstić information content (AvgIpc) is 2.74. The molecule has 0 amide bonds. The van der Waals surface area contributed by atoms with Gasteiger partial charge < -0.3 is 10.6 Å². The zero-order valence-corrected chi connectivity index (χ0v) is 17.0. The Balaban J connectivity index is 1.39. The van der Waals surface area contributed by atoms with Crippen molar-refractivity contribution < 1.29 is 9.18 Å². The van der Waals surface area contributed by atoms with Crippen LogP contribution in [0.25, 0.3) is 10.9 Å². The van der Waals surface area contributed by atoms with E-state index < -0.39 is 0 Å². The fourth-order valence-electron chi connectivity index (χ4n) is 3.86. The highest BCUT2D eigenvalue weighted by molar-refractivity contribution is 6.10. The molecule has 1 aliphatic rings. The third-order valence-corrected chi connectivity index (χ3v) is 5.54. The number of hydrogen-bond acceptors (Lipinski definition) is 5. The first-order chi connectivity index (χ1) is 14.5. The smallest absolute Gasteiger partial charge is 0.189 e. The second-order valence-corrected chi connectivity index (χ2v) is 7.76. The van der Waals surface area contributed by atoms with Crippen LogP contribution in [0.2, 0.25) is 0 Å². The number of carbonyl (C=O) groups is 1. The second-order valence-electron chi connectivity index (χ2n) is 7.76. The molecular weight excluding hydrogens is 379 g/mol. The van der Waals surface area contributed by atoms with E-state index in [2.05, 4.69) is 21.7 Å². The van der Waals surface area contributed by atoms with E-state index in [1.807, 2.05) is 30.5 Å². The summed E-state index contributed by atoms with van der Waals surface area (Å²) in [4.78, 5) is 21.5. The Morgan fingerprint density at radius 1 is 1.23 bits per heavy atom. The van der Waals surface area contributed by atoms with Crippen molar-refractivity contribution in [3.05, 3.63) is 83.9 Å². The number of nitrogens with zero attached hydrogens (tertiary/aromatic N) is 3. The third kappa shape index (κ3) is 4.49. The van der Waals surface area contributed by atoms with E-state index in [0.29, 0.717) is 11.3 Å². The first-order valence-electron chi connectivity index (χ1n) is 10.1. The quantitative estimate of drug-likeness (QED) is 0.398. The van der Waals surface area contributed by atoms with Gasteiger partial charge in [-0.2, -0.15) is 0 Å². The topological polar surface area (TPSA) is 62.5 Å². The third-order valence-electron chi connectivity index (χ3n) is 5.54. The molecule has 1 aromatic heterocycles. The van der Waals surface area contributed by atoms with Crippen LogP contribution < -0.4 is 5.73 Å². The van der Waals surface area contributed by atoms with Crippen molar-refractivity contribution in [2.45, 2.75) is 19.5 Å². The van der Waals surface area contributed by atoms with Gasteiger partial charge in [0.15, 0.2) is 5.78 Å². The molecule has 1 saturated heterocycles. The zero-order valence-electron chi connectivity index (χ0n) is 17.0.